The van der Waals surface area contributed by atoms with Gasteiger partial charge in [0.1, 0.15) is 11.2 Å². The Hall–Kier alpha value is -3.16. The quantitative estimate of drug-likeness (QED) is 0.480. The molecule has 2 aromatic rings. The molecule has 1 aromatic heterocycles. The van der Waals surface area contributed by atoms with Crippen LogP contribution in [0.3, 0.4) is 0 Å². The van der Waals surface area contributed by atoms with Crippen LogP contribution in [0.4, 0.5) is 0 Å². The van der Waals surface area contributed by atoms with Gasteiger partial charge in [0.05, 0.1) is 13.2 Å². The zero-order chi connectivity index (χ0) is 25.0. The molecule has 2 aliphatic rings. The fraction of sp³-hybridized carbons (Fsp3) is 0.556. The average molecular weight is 481 g/mol. The number of esters is 1. The molecule has 8 nitrogen and oxygen atoms in total. The summed E-state index contributed by atoms with van der Waals surface area (Å²) >= 11 is 0. The summed E-state index contributed by atoms with van der Waals surface area (Å²) in [6, 6.07) is 9.69. The fourth-order valence-electron chi connectivity index (χ4n) is 5.02. The van der Waals surface area contributed by atoms with E-state index in [1.807, 2.05) is 12.1 Å². The lowest BCUT2D eigenvalue weighted by Gasteiger charge is -2.44. The normalized spacial score (nSPS) is 20.8. The molecule has 0 radical (unpaired) electrons. The second-order valence-corrected chi connectivity index (χ2v) is 9.79. The van der Waals surface area contributed by atoms with Crippen LogP contribution in [0.25, 0.3) is 0 Å². The summed E-state index contributed by atoms with van der Waals surface area (Å²) in [4.78, 5) is 41.4. The third kappa shape index (κ3) is 5.26. The minimum absolute atomic E-state index is 0.0795. The molecule has 8 heteroatoms. The summed E-state index contributed by atoms with van der Waals surface area (Å²) < 4.78 is 6.56. The highest BCUT2D eigenvalue weighted by molar-refractivity contribution is 6.01. The molecule has 2 amide bonds. The molecule has 1 aromatic carbocycles. The fourth-order valence-corrected chi connectivity index (χ4v) is 5.02. The first-order chi connectivity index (χ1) is 16.9. The lowest BCUT2D eigenvalue weighted by Crippen LogP contribution is -2.64. The Labute approximate surface area is 207 Å². The van der Waals surface area contributed by atoms with Gasteiger partial charge in [-0.2, -0.15) is 5.10 Å². The van der Waals surface area contributed by atoms with E-state index in [1.165, 1.54) is 29.2 Å². The Morgan fingerprint density at radius 1 is 1.09 bits per heavy atom. The Morgan fingerprint density at radius 2 is 1.74 bits per heavy atom. The molecule has 1 aliphatic carbocycles. The SMILES string of the molecule is CCOC(=O)c1cc2n(n1)C[C@@](C)(C(=O)NC1CCCCCC1)N(Cc1ccc(CC)cc1)C2=O. The van der Waals surface area contributed by atoms with E-state index in [1.54, 1.807) is 18.7 Å². The molecule has 2 heterocycles. The molecule has 1 atom stereocenters. The van der Waals surface area contributed by atoms with Crippen molar-refractivity contribution in [1.82, 2.24) is 20.0 Å². The zero-order valence-electron chi connectivity index (χ0n) is 21.0. The van der Waals surface area contributed by atoms with Gasteiger partial charge in [0.2, 0.25) is 5.91 Å². The maximum Gasteiger partial charge on any atom is 0.358 e. The van der Waals surface area contributed by atoms with Gasteiger partial charge in [-0.25, -0.2) is 4.79 Å². The lowest BCUT2D eigenvalue weighted by molar-refractivity contribution is -0.134. The van der Waals surface area contributed by atoms with Crippen LogP contribution in [-0.4, -0.2) is 50.7 Å². The maximum atomic E-state index is 13.8. The monoisotopic (exact) mass is 480 g/mol. The van der Waals surface area contributed by atoms with E-state index in [0.29, 0.717) is 0 Å². The molecular weight excluding hydrogens is 444 g/mol. The van der Waals surface area contributed by atoms with Crippen molar-refractivity contribution in [3.63, 3.8) is 0 Å². The van der Waals surface area contributed by atoms with Crippen molar-refractivity contribution in [3.05, 3.63) is 52.8 Å². The largest absolute Gasteiger partial charge is 0.461 e. The van der Waals surface area contributed by atoms with Crippen molar-refractivity contribution in [2.24, 2.45) is 0 Å². The van der Waals surface area contributed by atoms with Crippen molar-refractivity contribution in [2.45, 2.75) is 90.4 Å². The molecule has 1 N–H and O–H groups in total. The smallest absolute Gasteiger partial charge is 0.358 e. The van der Waals surface area contributed by atoms with Crippen molar-refractivity contribution in [1.29, 1.82) is 0 Å². The van der Waals surface area contributed by atoms with Gasteiger partial charge in [-0.1, -0.05) is 56.9 Å². The molecule has 0 unspecified atom stereocenters. The summed E-state index contributed by atoms with van der Waals surface area (Å²) in [5.41, 5.74) is 1.37. The number of nitrogens with zero attached hydrogens (tertiary/aromatic N) is 3. The molecule has 1 aliphatic heterocycles. The molecule has 0 bridgehead atoms. The molecule has 35 heavy (non-hydrogen) atoms. The van der Waals surface area contributed by atoms with Gasteiger partial charge >= 0.3 is 5.97 Å². The highest BCUT2D eigenvalue weighted by atomic mass is 16.5. The number of ether oxygens (including phenoxy) is 1. The first-order valence-electron chi connectivity index (χ1n) is 12.8. The van der Waals surface area contributed by atoms with Crippen LogP contribution in [-0.2, 0) is 29.0 Å². The van der Waals surface area contributed by atoms with Crippen LogP contribution in [0.2, 0.25) is 0 Å². The van der Waals surface area contributed by atoms with E-state index in [4.69, 9.17) is 4.74 Å². The molecule has 0 saturated heterocycles. The summed E-state index contributed by atoms with van der Waals surface area (Å²) in [6.07, 6.45) is 7.41. The van der Waals surface area contributed by atoms with E-state index < -0.39 is 11.5 Å². The number of rotatable bonds is 7. The number of aryl methyl sites for hydroxylation is 1. The van der Waals surface area contributed by atoms with E-state index in [0.717, 1.165) is 37.7 Å². The van der Waals surface area contributed by atoms with Crippen molar-refractivity contribution < 1.29 is 19.1 Å². The first-order valence-corrected chi connectivity index (χ1v) is 12.8. The van der Waals surface area contributed by atoms with Crippen molar-refractivity contribution in [2.75, 3.05) is 6.61 Å². The Morgan fingerprint density at radius 3 is 2.37 bits per heavy atom. The number of carbonyl (C=O) groups is 3. The third-order valence-corrected chi connectivity index (χ3v) is 7.23. The van der Waals surface area contributed by atoms with E-state index in [2.05, 4.69) is 29.5 Å². The van der Waals surface area contributed by atoms with Crippen LogP contribution in [0.15, 0.2) is 30.3 Å². The number of fused-ring (bicyclic) bond motifs is 1. The molecule has 1 fully saturated rings. The second-order valence-electron chi connectivity index (χ2n) is 9.79. The zero-order valence-corrected chi connectivity index (χ0v) is 21.0. The van der Waals surface area contributed by atoms with Crippen LogP contribution >= 0.6 is 0 Å². The number of aromatic nitrogens is 2. The Bertz CT molecular complexity index is 1070. The third-order valence-electron chi connectivity index (χ3n) is 7.23. The minimum atomic E-state index is -1.15. The second kappa shape index (κ2) is 10.6. The van der Waals surface area contributed by atoms with Gasteiger partial charge in [-0.05, 0) is 44.2 Å². The van der Waals surface area contributed by atoms with E-state index in [9.17, 15) is 14.4 Å². The van der Waals surface area contributed by atoms with Crippen LogP contribution in [0.1, 0.15) is 91.4 Å². The number of amides is 2. The summed E-state index contributed by atoms with van der Waals surface area (Å²) in [6.45, 7) is 6.29. The minimum Gasteiger partial charge on any atom is -0.461 e. The molecular formula is C27H36N4O4. The van der Waals surface area contributed by atoms with Gasteiger partial charge in [-0.3, -0.25) is 14.3 Å². The highest BCUT2D eigenvalue weighted by Crippen LogP contribution is 2.30. The topological polar surface area (TPSA) is 93.5 Å². The van der Waals surface area contributed by atoms with Gasteiger partial charge in [0.15, 0.2) is 5.69 Å². The maximum absolute atomic E-state index is 13.8. The molecule has 4 rings (SSSR count). The average Bonchev–Trinajstić information content (AvgIpc) is 3.11. The Balaban J connectivity index is 1.66. The van der Waals surface area contributed by atoms with Gasteiger partial charge in [0.25, 0.3) is 5.91 Å². The number of hydrogen-bond acceptors (Lipinski definition) is 5. The van der Waals surface area contributed by atoms with E-state index >= 15 is 0 Å². The molecule has 1 saturated carbocycles. The summed E-state index contributed by atoms with van der Waals surface area (Å²) in [5.74, 6) is -1.08. The lowest BCUT2D eigenvalue weighted by atomic mass is 9.93. The van der Waals surface area contributed by atoms with Crippen LogP contribution in [0, 0.1) is 0 Å². The van der Waals surface area contributed by atoms with Crippen molar-refractivity contribution >= 4 is 17.8 Å². The van der Waals surface area contributed by atoms with Crippen LogP contribution < -0.4 is 5.32 Å². The van der Waals surface area contributed by atoms with Gasteiger partial charge in [-0.15, -0.1) is 0 Å². The predicted octanol–water partition coefficient (Wildman–Crippen LogP) is 3.88. The van der Waals surface area contributed by atoms with Gasteiger partial charge < -0.3 is 15.0 Å². The van der Waals surface area contributed by atoms with Gasteiger partial charge in [0, 0.05) is 18.7 Å². The number of carbonyl (C=O) groups excluding carboxylic acids is 3. The van der Waals surface area contributed by atoms with Crippen molar-refractivity contribution in [3.8, 4) is 0 Å². The number of nitrogens with one attached hydrogen (secondary N) is 1. The Kier molecular flexibility index (Phi) is 7.57. The highest BCUT2D eigenvalue weighted by Gasteiger charge is 2.48. The molecule has 0 spiro atoms. The number of hydrogen-bond donors (Lipinski definition) is 1. The summed E-state index contributed by atoms with van der Waals surface area (Å²) in [5, 5.41) is 7.58. The number of benzene rings is 1. The first kappa shape index (κ1) is 24.9. The summed E-state index contributed by atoms with van der Waals surface area (Å²) in [7, 11) is 0. The standard InChI is InChI=1S/C27H36N4O4/c1-4-19-12-14-20(15-13-19)17-30-24(32)23-16-22(25(33)35-5-2)29-31(23)18-27(30,3)26(34)28-21-10-8-6-7-9-11-21/h12-16,21H,4-11,17-18H2,1-3H3,(H,28,34)/t27-/m0/s1. The predicted molar refractivity (Wildman–Crippen MR) is 132 cm³/mol. The molecule has 188 valence electrons. The van der Waals surface area contributed by atoms with E-state index in [-0.39, 0.29) is 48.9 Å². The van der Waals surface area contributed by atoms with Crippen LogP contribution in [0.5, 0.6) is 0 Å².